The Labute approximate surface area is 132 Å². The molecule has 0 radical (unpaired) electrons. The first-order valence-electron chi connectivity index (χ1n) is 8.22. The lowest BCUT2D eigenvalue weighted by molar-refractivity contribution is -0.141. The molecular formula is C17H25N3O2. The highest BCUT2D eigenvalue weighted by atomic mass is 16.5. The first-order valence-corrected chi connectivity index (χ1v) is 8.22. The predicted octanol–water partition coefficient (Wildman–Crippen LogP) is 1.85. The smallest absolute Gasteiger partial charge is 0.226 e. The topological polar surface area (TPSA) is 45.7 Å². The van der Waals surface area contributed by atoms with Crippen molar-refractivity contribution in [1.82, 2.24) is 9.88 Å². The van der Waals surface area contributed by atoms with Crippen molar-refractivity contribution in [3.05, 3.63) is 23.9 Å². The Morgan fingerprint density at radius 2 is 2.05 bits per heavy atom. The summed E-state index contributed by atoms with van der Waals surface area (Å²) in [6.45, 7) is 8.08. The third-order valence-corrected chi connectivity index (χ3v) is 4.68. The van der Waals surface area contributed by atoms with Crippen LogP contribution in [0.2, 0.25) is 0 Å². The second kappa shape index (κ2) is 6.65. The lowest BCUT2D eigenvalue weighted by Gasteiger charge is -2.42. The molecule has 2 aliphatic rings. The summed E-state index contributed by atoms with van der Waals surface area (Å²) in [5.41, 5.74) is 1.03. The molecule has 1 aromatic heterocycles. The quantitative estimate of drug-likeness (QED) is 0.836. The molecule has 2 fully saturated rings. The van der Waals surface area contributed by atoms with Crippen LogP contribution in [0.1, 0.15) is 25.5 Å². The van der Waals surface area contributed by atoms with Crippen LogP contribution in [0.5, 0.6) is 0 Å². The van der Waals surface area contributed by atoms with E-state index >= 15 is 0 Å². The Bertz CT molecular complexity index is 528. The van der Waals surface area contributed by atoms with Crippen LogP contribution in [-0.2, 0) is 9.53 Å². The molecule has 2 aliphatic heterocycles. The summed E-state index contributed by atoms with van der Waals surface area (Å²) in [5, 5.41) is 0. The first kappa shape index (κ1) is 15.3. The molecule has 2 saturated heterocycles. The molecule has 120 valence electrons. The van der Waals surface area contributed by atoms with Crippen LogP contribution in [0, 0.1) is 12.8 Å². The molecule has 3 rings (SSSR count). The fourth-order valence-electron chi connectivity index (χ4n) is 3.38. The molecule has 1 amide bonds. The molecule has 1 atom stereocenters. The van der Waals surface area contributed by atoms with Gasteiger partial charge in [0.1, 0.15) is 5.82 Å². The number of hydrogen-bond acceptors (Lipinski definition) is 4. The highest BCUT2D eigenvalue weighted by molar-refractivity contribution is 5.79. The average Bonchev–Trinajstić information content (AvgIpc) is 2.55. The van der Waals surface area contributed by atoms with Crippen molar-refractivity contribution in [2.45, 2.75) is 32.7 Å². The van der Waals surface area contributed by atoms with Gasteiger partial charge in [0.2, 0.25) is 5.91 Å². The van der Waals surface area contributed by atoms with Crippen LogP contribution in [0.15, 0.2) is 18.2 Å². The van der Waals surface area contributed by atoms with E-state index in [1.807, 2.05) is 19.1 Å². The number of aryl methyl sites for hydroxylation is 1. The summed E-state index contributed by atoms with van der Waals surface area (Å²) in [6.07, 6.45) is 1.73. The Morgan fingerprint density at radius 3 is 2.73 bits per heavy atom. The van der Waals surface area contributed by atoms with Gasteiger partial charge in [-0.15, -0.1) is 0 Å². The lowest BCUT2D eigenvalue weighted by Crippen LogP contribution is -2.56. The third-order valence-electron chi connectivity index (χ3n) is 4.68. The minimum atomic E-state index is 0.153. The fourth-order valence-corrected chi connectivity index (χ4v) is 3.38. The van der Waals surface area contributed by atoms with Crippen LogP contribution in [0.3, 0.4) is 0 Å². The fraction of sp³-hybridized carbons (Fsp3) is 0.647. The summed E-state index contributed by atoms with van der Waals surface area (Å²) in [4.78, 5) is 21.6. The number of pyridine rings is 1. The standard InChI is InChI=1S/C17H25N3O2/c1-13-4-3-5-16(18-13)19-8-9-20(14(2)12-19)17(21)15-6-10-22-11-7-15/h3-5,14-15H,6-12H2,1-2H3. The van der Waals surface area contributed by atoms with Crippen LogP contribution in [0.25, 0.3) is 0 Å². The molecule has 22 heavy (non-hydrogen) atoms. The van der Waals surface area contributed by atoms with Crippen molar-refractivity contribution in [1.29, 1.82) is 0 Å². The number of carbonyl (C=O) groups excluding carboxylic acids is 1. The SMILES string of the molecule is Cc1cccc(N2CCN(C(=O)C3CCOCC3)C(C)C2)n1. The zero-order valence-electron chi connectivity index (χ0n) is 13.5. The van der Waals surface area contributed by atoms with Crippen LogP contribution < -0.4 is 4.90 Å². The number of ether oxygens (including phenoxy) is 1. The van der Waals surface area contributed by atoms with Gasteiger partial charge in [-0.2, -0.15) is 0 Å². The minimum absolute atomic E-state index is 0.153. The van der Waals surface area contributed by atoms with E-state index in [4.69, 9.17) is 4.74 Å². The van der Waals surface area contributed by atoms with Crippen LogP contribution >= 0.6 is 0 Å². The van der Waals surface area contributed by atoms with Gasteiger partial charge in [-0.05, 0) is 38.8 Å². The van der Waals surface area contributed by atoms with E-state index in [0.717, 1.165) is 57.2 Å². The first-order chi connectivity index (χ1) is 10.6. The van der Waals surface area contributed by atoms with Crippen LogP contribution in [0.4, 0.5) is 5.82 Å². The molecule has 1 aromatic rings. The molecular weight excluding hydrogens is 278 g/mol. The van der Waals surface area contributed by atoms with Gasteiger partial charge in [0.15, 0.2) is 0 Å². The Morgan fingerprint density at radius 1 is 1.27 bits per heavy atom. The van der Waals surface area contributed by atoms with Gasteiger partial charge in [-0.25, -0.2) is 4.98 Å². The van der Waals surface area contributed by atoms with Crippen molar-refractivity contribution in [2.24, 2.45) is 5.92 Å². The average molecular weight is 303 g/mol. The highest BCUT2D eigenvalue weighted by Crippen LogP contribution is 2.23. The highest BCUT2D eigenvalue weighted by Gasteiger charge is 2.32. The molecule has 5 nitrogen and oxygen atoms in total. The molecule has 0 bridgehead atoms. The summed E-state index contributed by atoms with van der Waals surface area (Å²) >= 11 is 0. The monoisotopic (exact) mass is 303 g/mol. The van der Waals surface area contributed by atoms with Crippen LogP contribution in [-0.4, -0.2) is 54.7 Å². The predicted molar refractivity (Wildman–Crippen MR) is 85.9 cm³/mol. The summed E-state index contributed by atoms with van der Waals surface area (Å²) < 4.78 is 5.36. The Kier molecular flexibility index (Phi) is 4.62. The van der Waals surface area contributed by atoms with E-state index in [-0.39, 0.29) is 12.0 Å². The number of amides is 1. The van der Waals surface area contributed by atoms with E-state index in [1.54, 1.807) is 0 Å². The van der Waals surface area contributed by atoms with E-state index in [2.05, 4.69) is 27.8 Å². The normalized spacial score (nSPS) is 23.6. The second-order valence-corrected chi connectivity index (χ2v) is 6.35. The molecule has 0 N–H and O–H groups in total. The second-order valence-electron chi connectivity index (χ2n) is 6.35. The zero-order valence-corrected chi connectivity index (χ0v) is 13.5. The van der Waals surface area contributed by atoms with E-state index < -0.39 is 0 Å². The summed E-state index contributed by atoms with van der Waals surface area (Å²) in [7, 11) is 0. The van der Waals surface area contributed by atoms with Gasteiger partial charge >= 0.3 is 0 Å². The lowest BCUT2D eigenvalue weighted by atomic mass is 9.97. The molecule has 0 saturated carbocycles. The van der Waals surface area contributed by atoms with Crippen molar-refractivity contribution in [2.75, 3.05) is 37.7 Å². The molecule has 3 heterocycles. The van der Waals surface area contributed by atoms with Gasteiger partial charge in [0, 0.05) is 50.5 Å². The minimum Gasteiger partial charge on any atom is -0.381 e. The van der Waals surface area contributed by atoms with Crippen molar-refractivity contribution in [3.63, 3.8) is 0 Å². The van der Waals surface area contributed by atoms with E-state index in [9.17, 15) is 4.79 Å². The van der Waals surface area contributed by atoms with Crippen molar-refractivity contribution >= 4 is 11.7 Å². The van der Waals surface area contributed by atoms with E-state index in [1.165, 1.54) is 0 Å². The Balaban J connectivity index is 1.63. The van der Waals surface area contributed by atoms with Gasteiger partial charge in [-0.3, -0.25) is 4.79 Å². The number of anilines is 1. The van der Waals surface area contributed by atoms with Gasteiger partial charge in [0.25, 0.3) is 0 Å². The maximum absolute atomic E-state index is 12.7. The third kappa shape index (κ3) is 3.24. The van der Waals surface area contributed by atoms with Crippen molar-refractivity contribution in [3.8, 4) is 0 Å². The van der Waals surface area contributed by atoms with Gasteiger partial charge in [-0.1, -0.05) is 6.07 Å². The number of hydrogen-bond donors (Lipinski definition) is 0. The summed E-state index contributed by atoms with van der Waals surface area (Å²) in [5.74, 6) is 1.48. The van der Waals surface area contributed by atoms with Gasteiger partial charge < -0.3 is 14.5 Å². The van der Waals surface area contributed by atoms with E-state index in [0.29, 0.717) is 5.91 Å². The molecule has 0 aliphatic carbocycles. The zero-order chi connectivity index (χ0) is 15.5. The number of rotatable bonds is 2. The number of aromatic nitrogens is 1. The molecule has 5 heteroatoms. The maximum Gasteiger partial charge on any atom is 0.226 e. The largest absolute Gasteiger partial charge is 0.381 e. The molecule has 0 aromatic carbocycles. The Hall–Kier alpha value is -1.62. The molecule has 0 spiro atoms. The number of piperazine rings is 1. The summed E-state index contributed by atoms with van der Waals surface area (Å²) in [6, 6.07) is 6.33. The number of nitrogens with zero attached hydrogens (tertiary/aromatic N) is 3. The van der Waals surface area contributed by atoms with Gasteiger partial charge in [0.05, 0.1) is 0 Å². The van der Waals surface area contributed by atoms with Crippen molar-refractivity contribution < 1.29 is 9.53 Å². The number of carbonyl (C=O) groups is 1. The molecule has 1 unspecified atom stereocenters. The maximum atomic E-state index is 12.7.